The highest BCUT2D eigenvalue weighted by Crippen LogP contribution is 2.21. The molecule has 0 aliphatic rings. The van der Waals surface area contributed by atoms with Gasteiger partial charge in [-0.15, -0.1) is 0 Å². The first-order valence-corrected chi connectivity index (χ1v) is 7.13. The number of nitrogens with zero attached hydrogens (tertiary/aromatic N) is 3. The predicted molar refractivity (Wildman–Crippen MR) is 87.6 cm³/mol. The van der Waals surface area contributed by atoms with Crippen LogP contribution in [0.5, 0.6) is 0 Å². The van der Waals surface area contributed by atoms with Crippen molar-refractivity contribution < 1.29 is 14.1 Å². The van der Waals surface area contributed by atoms with Crippen molar-refractivity contribution in [3.05, 3.63) is 53.9 Å². The molecule has 0 bridgehead atoms. The summed E-state index contributed by atoms with van der Waals surface area (Å²) in [7, 11) is 1.33. The summed E-state index contributed by atoms with van der Waals surface area (Å²) >= 11 is 0. The number of esters is 1. The molecule has 0 radical (unpaired) electrons. The molecule has 0 amide bonds. The number of hydrogen-bond acceptors (Lipinski definition) is 8. The number of para-hydroxylation sites is 1. The van der Waals surface area contributed by atoms with Crippen LogP contribution in [-0.4, -0.2) is 28.2 Å². The van der Waals surface area contributed by atoms with Crippen molar-refractivity contribution in [3.8, 4) is 0 Å². The number of hydrogen-bond donors (Lipinski definition) is 2. The molecular weight excluding hydrogens is 310 g/mol. The molecule has 0 aliphatic carbocycles. The fraction of sp³-hybridized carbons (Fsp3) is 0.125. The molecule has 2 N–H and O–H groups in total. The maximum Gasteiger partial charge on any atom is 0.339 e. The topological polar surface area (TPSA) is 102 Å². The van der Waals surface area contributed by atoms with Crippen LogP contribution in [0.3, 0.4) is 0 Å². The zero-order chi connectivity index (χ0) is 16.9. The Morgan fingerprint density at radius 1 is 1.17 bits per heavy atom. The summed E-state index contributed by atoms with van der Waals surface area (Å²) in [5, 5.41) is 9.87. The van der Waals surface area contributed by atoms with E-state index in [0.717, 1.165) is 0 Å². The molecule has 0 saturated carbocycles. The highest BCUT2D eigenvalue weighted by molar-refractivity contribution is 5.96. The first kappa shape index (κ1) is 15.5. The van der Waals surface area contributed by atoms with Crippen molar-refractivity contribution in [3.63, 3.8) is 0 Å². The lowest BCUT2D eigenvalue weighted by atomic mass is 10.2. The van der Waals surface area contributed by atoms with Crippen LogP contribution in [0.15, 0.2) is 47.1 Å². The Morgan fingerprint density at radius 3 is 2.75 bits per heavy atom. The van der Waals surface area contributed by atoms with Crippen molar-refractivity contribution in [2.75, 3.05) is 17.7 Å². The van der Waals surface area contributed by atoms with Gasteiger partial charge < -0.3 is 19.9 Å². The van der Waals surface area contributed by atoms with E-state index in [4.69, 9.17) is 9.26 Å². The van der Waals surface area contributed by atoms with E-state index in [-0.39, 0.29) is 0 Å². The van der Waals surface area contributed by atoms with Gasteiger partial charge in [0.05, 0.1) is 18.4 Å². The molecule has 3 rings (SSSR count). The van der Waals surface area contributed by atoms with Gasteiger partial charge in [0.25, 0.3) is 0 Å². The minimum atomic E-state index is -0.439. The Labute approximate surface area is 137 Å². The van der Waals surface area contributed by atoms with E-state index in [9.17, 15) is 4.79 Å². The lowest BCUT2D eigenvalue weighted by molar-refractivity contribution is 0.0602. The number of rotatable bonds is 5. The molecule has 8 nitrogen and oxygen atoms in total. The zero-order valence-electron chi connectivity index (χ0n) is 13.1. The SMILES string of the molecule is COC(=O)c1ccccc1Nc1nccc(Nc2cc(C)on2)n1. The van der Waals surface area contributed by atoms with E-state index in [1.807, 2.05) is 0 Å². The second-order valence-corrected chi connectivity index (χ2v) is 4.88. The highest BCUT2D eigenvalue weighted by atomic mass is 16.5. The fourth-order valence-corrected chi connectivity index (χ4v) is 2.05. The summed E-state index contributed by atoms with van der Waals surface area (Å²) in [5.74, 6) is 1.67. The van der Waals surface area contributed by atoms with Crippen LogP contribution in [0.4, 0.5) is 23.3 Å². The predicted octanol–water partition coefficient (Wildman–Crippen LogP) is 3.05. The summed E-state index contributed by atoms with van der Waals surface area (Å²) in [6, 6.07) is 10.4. The largest absolute Gasteiger partial charge is 0.465 e. The first-order valence-electron chi connectivity index (χ1n) is 7.13. The van der Waals surface area contributed by atoms with Gasteiger partial charge in [-0.3, -0.25) is 0 Å². The van der Waals surface area contributed by atoms with E-state index in [0.29, 0.717) is 34.6 Å². The Bertz CT molecular complexity index is 862. The van der Waals surface area contributed by atoms with Gasteiger partial charge in [0.1, 0.15) is 11.6 Å². The van der Waals surface area contributed by atoms with E-state index < -0.39 is 5.97 Å². The second kappa shape index (κ2) is 6.78. The number of carbonyl (C=O) groups excluding carboxylic acids is 1. The molecule has 0 saturated heterocycles. The second-order valence-electron chi connectivity index (χ2n) is 4.88. The van der Waals surface area contributed by atoms with Crippen molar-refractivity contribution >= 4 is 29.2 Å². The minimum absolute atomic E-state index is 0.330. The molecule has 3 aromatic rings. The molecular formula is C16H15N5O3. The monoisotopic (exact) mass is 325 g/mol. The Hall–Kier alpha value is -3.42. The Morgan fingerprint density at radius 2 is 2.00 bits per heavy atom. The minimum Gasteiger partial charge on any atom is -0.465 e. The number of benzene rings is 1. The highest BCUT2D eigenvalue weighted by Gasteiger charge is 2.12. The molecule has 0 unspecified atom stereocenters. The van der Waals surface area contributed by atoms with Crippen LogP contribution >= 0.6 is 0 Å². The Kier molecular flexibility index (Phi) is 4.37. The summed E-state index contributed by atoms with van der Waals surface area (Å²) in [4.78, 5) is 20.3. The van der Waals surface area contributed by atoms with Crippen LogP contribution in [0, 0.1) is 6.92 Å². The van der Waals surface area contributed by atoms with Gasteiger partial charge in [-0.05, 0) is 25.1 Å². The van der Waals surface area contributed by atoms with Crippen molar-refractivity contribution in [2.45, 2.75) is 6.92 Å². The van der Waals surface area contributed by atoms with Gasteiger partial charge in [0, 0.05) is 12.3 Å². The quantitative estimate of drug-likeness (QED) is 0.690. The van der Waals surface area contributed by atoms with Gasteiger partial charge in [-0.25, -0.2) is 9.78 Å². The fourth-order valence-electron chi connectivity index (χ4n) is 2.05. The molecule has 0 atom stereocenters. The van der Waals surface area contributed by atoms with Gasteiger partial charge in [-0.2, -0.15) is 4.98 Å². The lowest BCUT2D eigenvalue weighted by Gasteiger charge is -2.10. The van der Waals surface area contributed by atoms with Crippen LogP contribution < -0.4 is 10.6 Å². The number of aromatic nitrogens is 3. The number of ether oxygens (including phenoxy) is 1. The average molecular weight is 325 g/mol. The third-order valence-corrected chi connectivity index (χ3v) is 3.12. The lowest BCUT2D eigenvalue weighted by Crippen LogP contribution is -2.07. The van der Waals surface area contributed by atoms with Crippen molar-refractivity contribution in [1.29, 1.82) is 0 Å². The smallest absolute Gasteiger partial charge is 0.339 e. The van der Waals surface area contributed by atoms with Gasteiger partial charge in [0.2, 0.25) is 5.95 Å². The third-order valence-electron chi connectivity index (χ3n) is 3.12. The third kappa shape index (κ3) is 3.49. The maximum atomic E-state index is 11.8. The van der Waals surface area contributed by atoms with Crippen molar-refractivity contribution in [2.24, 2.45) is 0 Å². The molecule has 2 aromatic heterocycles. The van der Waals surface area contributed by atoms with Crippen molar-refractivity contribution in [1.82, 2.24) is 15.1 Å². The number of carbonyl (C=O) groups is 1. The Balaban J connectivity index is 1.81. The van der Waals surface area contributed by atoms with Gasteiger partial charge in [0.15, 0.2) is 5.82 Å². The first-order chi connectivity index (χ1) is 11.7. The van der Waals surface area contributed by atoms with Gasteiger partial charge in [-0.1, -0.05) is 17.3 Å². The maximum absolute atomic E-state index is 11.8. The average Bonchev–Trinajstić information content (AvgIpc) is 3.00. The van der Waals surface area contributed by atoms with Crippen LogP contribution in [-0.2, 0) is 4.74 Å². The van der Waals surface area contributed by atoms with E-state index in [1.54, 1.807) is 49.5 Å². The molecule has 8 heteroatoms. The van der Waals surface area contributed by atoms with E-state index in [1.165, 1.54) is 7.11 Å². The van der Waals surface area contributed by atoms with E-state index >= 15 is 0 Å². The number of methoxy groups -OCH3 is 1. The normalized spacial score (nSPS) is 10.2. The molecule has 0 fully saturated rings. The summed E-state index contributed by atoms with van der Waals surface area (Å²) in [5.41, 5.74) is 0.952. The van der Waals surface area contributed by atoms with Crippen LogP contribution in [0.25, 0.3) is 0 Å². The molecule has 0 aliphatic heterocycles. The number of aryl methyl sites for hydroxylation is 1. The van der Waals surface area contributed by atoms with Crippen LogP contribution in [0.1, 0.15) is 16.1 Å². The summed E-state index contributed by atoms with van der Waals surface area (Å²) in [6.45, 7) is 1.80. The molecule has 122 valence electrons. The molecule has 0 spiro atoms. The molecule has 24 heavy (non-hydrogen) atoms. The molecule has 2 heterocycles. The number of nitrogens with one attached hydrogen (secondary N) is 2. The summed E-state index contributed by atoms with van der Waals surface area (Å²) in [6.07, 6.45) is 1.59. The van der Waals surface area contributed by atoms with Gasteiger partial charge >= 0.3 is 5.97 Å². The standard InChI is InChI=1S/C16H15N5O3/c1-10-9-14(21-24-10)19-13-7-8-17-16(20-13)18-12-6-4-3-5-11(12)15(22)23-2/h3-9H,1-2H3,(H2,17,18,19,20,21). The molecule has 1 aromatic carbocycles. The zero-order valence-corrected chi connectivity index (χ0v) is 13.1. The number of anilines is 4. The van der Waals surface area contributed by atoms with E-state index in [2.05, 4.69) is 25.8 Å². The summed E-state index contributed by atoms with van der Waals surface area (Å²) < 4.78 is 9.76. The van der Waals surface area contributed by atoms with Crippen LogP contribution in [0.2, 0.25) is 0 Å².